The van der Waals surface area contributed by atoms with Crippen molar-refractivity contribution in [3.8, 4) is 0 Å². The van der Waals surface area contributed by atoms with E-state index in [0.717, 1.165) is 21.9 Å². The van der Waals surface area contributed by atoms with Crippen LogP contribution in [0.1, 0.15) is 11.1 Å². The Morgan fingerprint density at radius 3 is 2.27 bits per heavy atom. The number of benzene rings is 3. The predicted molar refractivity (Wildman–Crippen MR) is 102 cm³/mol. The monoisotopic (exact) mass is 347 g/mol. The van der Waals surface area contributed by atoms with Crippen molar-refractivity contribution in [3.05, 3.63) is 83.9 Å². The molecular weight excluding hydrogens is 326 g/mol. The van der Waals surface area contributed by atoms with Crippen LogP contribution in [0.5, 0.6) is 0 Å². The number of rotatable bonds is 6. The Hall–Kier alpha value is -3.34. The molecule has 0 unspecified atom stereocenters. The Morgan fingerprint density at radius 2 is 1.42 bits per heavy atom. The van der Waals surface area contributed by atoms with Gasteiger partial charge in [0, 0.05) is 13.1 Å². The van der Waals surface area contributed by atoms with Crippen LogP contribution in [0.15, 0.2) is 72.8 Å². The van der Waals surface area contributed by atoms with Crippen LogP contribution in [0.2, 0.25) is 0 Å². The molecule has 132 valence electrons. The number of carbonyl (C=O) groups excluding carboxylic acids is 2. The number of nitrogens with one attached hydrogen (secondary N) is 3. The minimum atomic E-state index is -0.368. The molecule has 5 heteroatoms. The molecule has 3 aromatic rings. The Kier molecular flexibility index (Phi) is 5.83. The smallest absolute Gasteiger partial charge is 0.315 e. The molecule has 0 saturated carbocycles. The summed E-state index contributed by atoms with van der Waals surface area (Å²) in [6.07, 6.45) is 0. The summed E-state index contributed by atoms with van der Waals surface area (Å²) in [5.74, 6) is -0.228. The molecule has 0 aliphatic rings. The largest absolute Gasteiger partial charge is 0.350 e. The molecule has 0 radical (unpaired) electrons. The highest BCUT2D eigenvalue weighted by Crippen LogP contribution is 2.18. The van der Waals surface area contributed by atoms with Crippen molar-refractivity contribution in [2.75, 3.05) is 6.54 Å². The fraction of sp³-hybridized carbons (Fsp3) is 0.143. The number of amides is 3. The van der Waals surface area contributed by atoms with Crippen LogP contribution < -0.4 is 16.0 Å². The average Bonchev–Trinajstić information content (AvgIpc) is 2.70. The second-order valence-electron chi connectivity index (χ2n) is 5.94. The van der Waals surface area contributed by atoms with Crippen LogP contribution in [0.25, 0.3) is 10.8 Å². The first-order valence-electron chi connectivity index (χ1n) is 8.51. The van der Waals surface area contributed by atoms with Gasteiger partial charge >= 0.3 is 6.03 Å². The van der Waals surface area contributed by atoms with Gasteiger partial charge in [0.2, 0.25) is 5.91 Å². The lowest BCUT2D eigenvalue weighted by molar-refractivity contribution is -0.120. The van der Waals surface area contributed by atoms with Gasteiger partial charge in [-0.2, -0.15) is 0 Å². The molecule has 0 heterocycles. The third kappa shape index (κ3) is 4.83. The SMILES string of the molecule is O=C(CNC(=O)NCc1cccc2ccccc12)NCc1ccccc1. The topological polar surface area (TPSA) is 70.2 Å². The molecule has 3 rings (SSSR count). The maximum absolute atomic E-state index is 11.9. The van der Waals surface area contributed by atoms with Crippen molar-refractivity contribution < 1.29 is 9.59 Å². The molecular formula is C21H21N3O2. The molecule has 0 aromatic heterocycles. The molecule has 0 spiro atoms. The molecule has 0 fully saturated rings. The molecule has 0 bridgehead atoms. The van der Waals surface area contributed by atoms with Gasteiger partial charge in [0.25, 0.3) is 0 Å². The summed E-state index contributed by atoms with van der Waals surface area (Å²) in [6.45, 7) is 0.784. The fourth-order valence-corrected chi connectivity index (χ4v) is 2.70. The molecule has 3 amide bonds. The summed E-state index contributed by atoms with van der Waals surface area (Å²) >= 11 is 0. The van der Waals surface area contributed by atoms with E-state index in [1.54, 1.807) is 0 Å². The zero-order valence-corrected chi connectivity index (χ0v) is 14.4. The van der Waals surface area contributed by atoms with Crippen molar-refractivity contribution in [1.29, 1.82) is 0 Å². The summed E-state index contributed by atoms with van der Waals surface area (Å²) < 4.78 is 0. The number of carbonyl (C=O) groups is 2. The minimum absolute atomic E-state index is 0.0613. The zero-order valence-electron chi connectivity index (χ0n) is 14.4. The molecule has 3 N–H and O–H groups in total. The molecule has 5 nitrogen and oxygen atoms in total. The third-order valence-corrected chi connectivity index (χ3v) is 4.06. The normalized spacial score (nSPS) is 10.3. The molecule has 0 aliphatic heterocycles. The van der Waals surface area contributed by atoms with Crippen LogP contribution >= 0.6 is 0 Å². The standard InChI is InChI=1S/C21H21N3O2/c25-20(22-13-16-7-2-1-3-8-16)15-24-21(26)23-14-18-11-6-10-17-9-4-5-12-19(17)18/h1-12H,13-15H2,(H,22,25)(H2,23,24,26). The Labute approximate surface area is 152 Å². The Morgan fingerprint density at radius 1 is 0.692 bits per heavy atom. The lowest BCUT2D eigenvalue weighted by Crippen LogP contribution is -2.41. The maximum atomic E-state index is 11.9. The highest BCUT2D eigenvalue weighted by atomic mass is 16.2. The van der Waals surface area contributed by atoms with E-state index >= 15 is 0 Å². The first-order chi connectivity index (χ1) is 12.7. The van der Waals surface area contributed by atoms with Crippen LogP contribution in [-0.4, -0.2) is 18.5 Å². The number of fused-ring (bicyclic) bond motifs is 1. The van der Waals surface area contributed by atoms with Gasteiger partial charge < -0.3 is 16.0 Å². The summed E-state index contributed by atoms with van der Waals surface area (Å²) in [7, 11) is 0. The van der Waals surface area contributed by atoms with Gasteiger partial charge in [-0.3, -0.25) is 4.79 Å². The summed E-state index contributed by atoms with van der Waals surface area (Å²) in [5.41, 5.74) is 2.05. The van der Waals surface area contributed by atoms with Crippen molar-refractivity contribution >= 4 is 22.7 Å². The fourth-order valence-electron chi connectivity index (χ4n) is 2.70. The Bertz CT molecular complexity index is 889. The van der Waals surface area contributed by atoms with E-state index in [-0.39, 0.29) is 18.5 Å². The molecule has 26 heavy (non-hydrogen) atoms. The first kappa shape index (κ1) is 17.5. The predicted octanol–water partition coefficient (Wildman–Crippen LogP) is 2.96. The molecule has 3 aromatic carbocycles. The highest BCUT2D eigenvalue weighted by molar-refractivity contribution is 5.87. The second kappa shape index (κ2) is 8.67. The maximum Gasteiger partial charge on any atom is 0.315 e. The quantitative estimate of drug-likeness (QED) is 0.642. The van der Waals surface area contributed by atoms with Crippen LogP contribution in [-0.2, 0) is 17.9 Å². The van der Waals surface area contributed by atoms with Crippen molar-refractivity contribution in [2.45, 2.75) is 13.1 Å². The second-order valence-corrected chi connectivity index (χ2v) is 5.94. The van der Waals surface area contributed by atoms with Gasteiger partial charge in [-0.1, -0.05) is 72.8 Å². The van der Waals surface area contributed by atoms with Crippen LogP contribution in [0.4, 0.5) is 4.79 Å². The highest BCUT2D eigenvalue weighted by Gasteiger charge is 2.06. The van der Waals surface area contributed by atoms with E-state index < -0.39 is 0 Å². The van der Waals surface area contributed by atoms with Crippen molar-refractivity contribution in [3.63, 3.8) is 0 Å². The van der Waals surface area contributed by atoms with E-state index in [0.29, 0.717) is 13.1 Å². The summed E-state index contributed by atoms with van der Waals surface area (Å²) in [4.78, 5) is 23.7. The average molecular weight is 347 g/mol. The molecule has 0 aliphatic carbocycles. The lowest BCUT2D eigenvalue weighted by Gasteiger charge is -2.10. The van der Waals surface area contributed by atoms with E-state index in [1.165, 1.54) is 0 Å². The van der Waals surface area contributed by atoms with E-state index in [9.17, 15) is 9.59 Å². The van der Waals surface area contributed by atoms with Gasteiger partial charge in [-0.15, -0.1) is 0 Å². The first-order valence-corrected chi connectivity index (χ1v) is 8.51. The minimum Gasteiger partial charge on any atom is -0.350 e. The van der Waals surface area contributed by atoms with Crippen molar-refractivity contribution in [2.24, 2.45) is 0 Å². The molecule has 0 atom stereocenters. The van der Waals surface area contributed by atoms with Gasteiger partial charge in [-0.05, 0) is 21.9 Å². The van der Waals surface area contributed by atoms with Gasteiger partial charge in [0.05, 0.1) is 6.54 Å². The summed E-state index contributed by atoms with van der Waals surface area (Å²) in [5, 5.41) is 10.4. The lowest BCUT2D eigenvalue weighted by atomic mass is 10.0. The number of hydrogen-bond acceptors (Lipinski definition) is 2. The van der Waals surface area contributed by atoms with Crippen molar-refractivity contribution in [1.82, 2.24) is 16.0 Å². The van der Waals surface area contributed by atoms with E-state index in [2.05, 4.69) is 16.0 Å². The number of hydrogen-bond donors (Lipinski definition) is 3. The zero-order chi connectivity index (χ0) is 18.2. The number of urea groups is 1. The van der Waals surface area contributed by atoms with E-state index in [1.807, 2.05) is 72.8 Å². The molecule has 0 saturated heterocycles. The van der Waals surface area contributed by atoms with Gasteiger partial charge in [-0.25, -0.2) is 4.79 Å². The van der Waals surface area contributed by atoms with E-state index in [4.69, 9.17) is 0 Å². The Balaban J connectivity index is 1.43. The third-order valence-electron chi connectivity index (χ3n) is 4.06. The summed E-state index contributed by atoms with van der Waals surface area (Å²) in [6, 6.07) is 23.3. The van der Waals surface area contributed by atoms with Gasteiger partial charge in [0.15, 0.2) is 0 Å². The van der Waals surface area contributed by atoms with Crippen LogP contribution in [0, 0.1) is 0 Å². The van der Waals surface area contributed by atoms with Gasteiger partial charge in [0.1, 0.15) is 0 Å². The van der Waals surface area contributed by atoms with Crippen LogP contribution in [0.3, 0.4) is 0 Å².